The fourth-order valence-corrected chi connectivity index (χ4v) is 2.91. The third kappa shape index (κ3) is 4.12. The molecular formula is C14H16NO3P. The first kappa shape index (κ1) is 13.7. The molecule has 0 spiro atoms. The van der Waals surface area contributed by atoms with Crippen molar-refractivity contribution in [1.29, 1.82) is 0 Å². The van der Waals surface area contributed by atoms with E-state index in [1.165, 1.54) is 0 Å². The summed E-state index contributed by atoms with van der Waals surface area (Å²) >= 11 is 0. The van der Waals surface area contributed by atoms with Crippen molar-refractivity contribution in [2.24, 2.45) is 0 Å². The van der Waals surface area contributed by atoms with E-state index < -0.39 is 7.75 Å². The number of rotatable bonds is 6. The van der Waals surface area contributed by atoms with Crippen LogP contribution in [-0.2, 0) is 9.09 Å². The third-order valence-electron chi connectivity index (χ3n) is 2.31. The molecule has 4 nitrogen and oxygen atoms in total. The van der Waals surface area contributed by atoms with Gasteiger partial charge in [0.15, 0.2) is 0 Å². The second-order valence-electron chi connectivity index (χ2n) is 3.80. The molecule has 0 aliphatic carbocycles. The molecule has 0 aliphatic rings. The van der Waals surface area contributed by atoms with Crippen LogP contribution in [0.1, 0.15) is 6.92 Å². The van der Waals surface area contributed by atoms with E-state index in [2.05, 4.69) is 5.09 Å². The lowest BCUT2D eigenvalue weighted by molar-refractivity contribution is 0.284. The van der Waals surface area contributed by atoms with Gasteiger partial charge in [-0.25, -0.2) is 4.57 Å². The van der Waals surface area contributed by atoms with Crippen LogP contribution in [0.2, 0.25) is 0 Å². The van der Waals surface area contributed by atoms with E-state index in [0.29, 0.717) is 18.0 Å². The topological polar surface area (TPSA) is 47.6 Å². The van der Waals surface area contributed by atoms with E-state index in [1.54, 1.807) is 31.2 Å². The molecule has 1 atom stereocenters. The summed E-state index contributed by atoms with van der Waals surface area (Å²) < 4.78 is 23.3. The molecule has 0 bridgehead atoms. The summed E-state index contributed by atoms with van der Waals surface area (Å²) in [5, 5.41) is 2.82. The summed E-state index contributed by atoms with van der Waals surface area (Å²) in [4.78, 5) is 0. The first-order valence-corrected chi connectivity index (χ1v) is 7.59. The molecule has 0 radical (unpaired) electrons. The number of benzene rings is 2. The Balaban J connectivity index is 2.16. The maximum Gasteiger partial charge on any atom is 0.486 e. The van der Waals surface area contributed by atoms with Gasteiger partial charge in [0.1, 0.15) is 5.75 Å². The van der Waals surface area contributed by atoms with Crippen LogP contribution in [0.25, 0.3) is 0 Å². The van der Waals surface area contributed by atoms with Gasteiger partial charge in [-0.2, -0.15) is 0 Å². The molecule has 0 saturated heterocycles. The van der Waals surface area contributed by atoms with E-state index >= 15 is 0 Å². The van der Waals surface area contributed by atoms with Gasteiger partial charge in [0, 0.05) is 5.69 Å². The van der Waals surface area contributed by atoms with Crippen molar-refractivity contribution in [3.05, 3.63) is 60.7 Å². The standard InChI is InChI=1S/C14H16NO3P/c1-2-17-19(16,15-13-9-5-3-6-10-13)18-14-11-7-4-8-12-14/h3-12H,2H2,1H3,(H,15,16). The van der Waals surface area contributed by atoms with E-state index in [1.807, 2.05) is 36.4 Å². The fourth-order valence-electron chi connectivity index (χ4n) is 1.54. The maximum absolute atomic E-state index is 12.6. The van der Waals surface area contributed by atoms with Gasteiger partial charge in [0.2, 0.25) is 0 Å². The van der Waals surface area contributed by atoms with E-state index in [4.69, 9.17) is 9.05 Å². The Kier molecular flexibility index (Phi) is 4.61. The predicted octanol–water partition coefficient (Wildman–Crippen LogP) is 4.32. The lowest BCUT2D eigenvalue weighted by Crippen LogP contribution is -2.07. The molecule has 1 unspecified atom stereocenters. The Morgan fingerprint density at radius 3 is 2.16 bits per heavy atom. The molecule has 1 N–H and O–H groups in total. The molecule has 0 fully saturated rings. The van der Waals surface area contributed by atoms with Gasteiger partial charge in [0.25, 0.3) is 0 Å². The van der Waals surface area contributed by atoms with Gasteiger partial charge in [-0.1, -0.05) is 36.4 Å². The zero-order chi connectivity index (χ0) is 13.6. The summed E-state index contributed by atoms with van der Waals surface area (Å²) in [5.74, 6) is 0.503. The Bertz CT molecular complexity index is 500. The molecule has 5 heteroatoms. The van der Waals surface area contributed by atoms with Crippen LogP contribution in [0.5, 0.6) is 5.75 Å². The smallest absolute Gasteiger partial charge is 0.409 e. The monoisotopic (exact) mass is 277 g/mol. The molecule has 0 aromatic heterocycles. The normalized spacial score (nSPS) is 13.5. The minimum absolute atomic E-state index is 0.296. The van der Waals surface area contributed by atoms with Crippen molar-refractivity contribution < 1.29 is 13.6 Å². The maximum atomic E-state index is 12.6. The minimum atomic E-state index is -3.41. The van der Waals surface area contributed by atoms with Crippen LogP contribution in [0.15, 0.2) is 60.7 Å². The molecular weight excluding hydrogens is 261 g/mol. The highest BCUT2D eigenvalue weighted by Gasteiger charge is 2.26. The Hall–Kier alpha value is -1.77. The van der Waals surface area contributed by atoms with Crippen LogP contribution < -0.4 is 9.61 Å². The molecule has 0 amide bonds. The van der Waals surface area contributed by atoms with Gasteiger partial charge in [-0.3, -0.25) is 9.61 Å². The number of nitrogens with one attached hydrogen (secondary N) is 1. The minimum Gasteiger partial charge on any atom is -0.409 e. The zero-order valence-corrected chi connectivity index (χ0v) is 11.5. The molecule has 2 aromatic rings. The number of anilines is 1. The summed E-state index contributed by atoms with van der Waals surface area (Å²) in [6, 6.07) is 18.2. The van der Waals surface area contributed by atoms with Gasteiger partial charge >= 0.3 is 7.75 Å². The summed E-state index contributed by atoms with van der Waals surface area (Å²) in [5.41, 5.74) is 0.690. The lowest BCUT2D eigenvalue weighted by Gasteiger charge is -2.19. The van der Waals surface area contributed by atoms with Gasteiger partial charge in [0.05, 0.1) is 6.61 Å². The first-order chi connectivity index (χ1) is 9.22. The number of para-hydroxylation sites is 2. The molecule has 0 aliphatic heterocycles. The van der Waals surface area contributed by atoms with Crippen molar-refractivity contribution in [1.82, 2.24) is 0 Å². The lowest BCUT2D eigenvalue weighted by atomic mass is 10.3. The quantitative estimate of drug-likeness (QED) is 0.799. The summed E-state index contributed by atoms with van der Waals surface area (Å²) in [6.45, 7) is 2.07. The van der Waals surface area contributed by atoms with Crippen molar-refractivity contribution in [2.45, 2.75) is 6.92 Å². The second kappa shape index (κ2) is 6.41. The van der Waals surface area contributed by atoms with Crippen molar-refractivity contribution in [2.75, 3.05) is 11.7 Å². The van der Waals surface area contributed by atoms with E-state index in [-0.39, 0.29) is 0 Å². The van der Waals surface area contributed by atoms with Gasteiger partial charge in [-0.15, -0.1) is 0 Å². The average Bonchev–Trinajstić information content (AvgIpc) is 2.41. The highest BCUT2D eigenvalue weighted by atomic mass is 31.2. The van der Waals surface area contributed by atoms with Crippen molar-refractivity contribution >= 4 is 13.4 Å². The van der Waals surface area contributed by atoms with Gasteiger partial charge < -0.3 is 4.52 Å². The van der Waals surface area contributed by atoms with Gasteiger partial charge in [-0.05, 0) is 31.2 Å². The largest absolute Gasteiger partial charge is 0.486 e. The van der Waals surface area contributed by atoms with Crippen LogP contribution >= 0.6 is 7.75 Å². The molecule has 2 rings (SSSR count). The number of hydrogen-bond acceptors (Lipinski definition) is 3. The van der Waals surface area contributed by atoms with Crippen LogP contribution in [0.4, 0.5) is 5.69 Å². The van der Waals surface area contributed by atoms with Crippen LogP contribution in [-0.4, -0.2) is 6.61 Å². The Morgan fingerprint density at radius 2 is 1.58 bits per heavy atom. The zero-order valence-electron chi connectivity index (χ0n) is 10.7. The second-order valence-corrected chi connectivity index (χ2v) is 5.46. The van der Waals surface area contributed by atoms with Crippen molar-refractivity contribution in [3.63, 3.8) is 0 Å². The SMILES string of the molecule is CCOP(=O)(Nc1ccccc1)Oc1ccccc1. The Morgan fingerprint density at radius 1 is 1.00 bits per heavy atom. The molecule has 2 aromatic carbocycles. The molecule has 19 heavy (non-hydrogen) atoms. The van der Waals surface area contributed by atoms with Crippen LogP contribution in [0, 0.1) is 0 Å². The van der Waals surface area contributed by atoms with Crippen molar-refractivity contribution in [3.8, 4) is 5.75 Å². The Labute approximate surface area is 113 Å². The first-order valence-electron chi connectivity index (χ1n) is 6.04. The van der Waals surface area contributed by atoms with E-state index in [9.17, 15) is 4.57 Å². The summed E-state index contributed by atoms with van der Waals surface area (Å²) in [6.07, 6.45) is 0. The highest BCUT2D eigenvalue weighted by Crippen LogP contribution is 2.47. The predicted molar refractivity (Wildman–Crippen MR) is 76.4 cm³/mol. The highest BCUT2D eigenvalue weighted by molar-refractivity contribution is 7.55. The summed E-state index contributed by atoms with van der Waals surface area (Å²) in [7, 11) is -3.41. The molecule has 100 valence electrons. The molecule has 0 heterocycles. The third-order valence-corrected chi connectivity index (χ3v) is 3.89. The molecule has 0 saturated carbocycles. The fraction of sp³-hybridized carbons (Fsp3) is 0.143. The van der Waals surface area contributed by atoms with E-state index in [0.717, 1.165) is 0 Å². The van der Waals surface area contributed by atoms with Crippen LogP contribution in [0.3, 0.4) is 0 Å². The number of hydrogen-bond donors (Lipinski definition) is 1. The average molecular weight is 277 g/mol.